The number of aliphatic hydroxyl groups excluding tert-OH is 1. The molecule has 2 unspecified atom stereocenters. The van der Waals surface area contributed by atoms with E-state index in [0.29, 0.717) is 5.25 Å². The van der Waals surface area contributed by atoms with Crippen LogP contribution in [0, 0.1) is 0 Å². The van der Waals surface area contributed by atoms with Gasteiger partial charge in [0.15, 0.2) is 5.16 Å². The van der Waals surface area contributed by atoms with Crippen LogP contribution in [0.4, 0.5) is 0 Å². The van der Waals surface area contributed by atoms with Crippen molar-refractivity contribution in [3.05, 3.63) is 12.4 Å². The molecular formula is C10H17N3OS. The summed E-state index contributed by atoms with van der Waals surface area (Å²) < 4.78 is 0. The highest BCUT2D eigenvalue weighted by Crippen LogP contribution is 2.38. The summed E-state index contributed by atoms with van der Waals surface area (Å²) in [5, 5.41) is 14.1. The van der Waals surface area contributed by atoms with Gasteiger partial charge in [-0.25, -0.2) is 4.98 Å². The Bertz CT molecular complexity index is 298. The van der Waals surface area contributed by atoms with E-state index in [1.807, 2.05) is 13.2 Å². The summed E-state index contributed by atoms with van der Waals surface area (Å²) in [4.78, 5) is 7.30. The van der Waals surface area contributed by atoms with Gasteiger partial charge < -0.3 is 15.4 Å². The van der Waals surface area contributed by atoms with Gasteiger partial charge in [-0.2, -0.15) is 0 Å². The molecule has 2 rings (SSSR count). The first-order valence-corrected chi connectivity index (χ1v) is 6.12. The summed E-state index contributed by atoms with van der Waals surface area (Å²) in [5.41, 5.74) is -0.0652. The number of nitrogens with one attached hydrogen (secondary N) is 2. The highest BCUT2D eigenvalue weighted by molar-refractivity contribution is 7.99. The number of thioether (sulfide) groups is 1. The smallest absolute Gasteiger partial charge is 0.165 e. The van der Waals surface area contributed by atoms with E-state index < -0.39 is 0 Å². The molecule has 0 aromatic carbocycles. The molecule has 0 radical (unpaired) electrons. The lowest BCUT2D eigenvalue weighted by Gasteiger charge is -2.26. The van der Waals surface area contributed by atoms with Crippen molar-refractivity contribution in [3.8, 4) is 0 Å². The standard InChI is InChI=1S/C10H17N3OS/c1-11-10(7-14)3-2-8(6-10)15-9-12-4-5-13-9/h4-5,8,11,14H,2-3,6-7H2,1H3,(H,12,13). The lowest BCUT2D eigenvalue weighted by molar-refractivity contribution is 0.173. The molecule has 0 aliphatic heterocycles. The fraction of sp³-hybridized carbons (Fsp3) is 0.700. The van der Waals surface area contributed by atoms with Crippen molar-refractivity contribution >= 4 is 11.8 Å². The SMILES string of the molecule is CNC1(CO)CCC(Sc2ncc[nH]2)C1. The van der Waals surface area contributed by atoms with Crippen LogP contribution in [0.15, 0.2) is 17.6 Å². The van der Waals surface area contributed by atoms with Gasteiger partial charge in [-0.3, -0.25) is 0 Å². The van der Waals surface area contributed by atoms with E-state index >= 15 is 0 Å². The topological polar surface area (TPSA) is 60.9 Å². The predicted molar refractivity (Wildman–Crippen MR) is 61.0 cm³/mol. The van der Waals surface area contributed by atoms with Gasteiger partial charge in [0, 0.05) is 23.2 Å². The fourth-order valence-electron chi connectivity index (χ4n) is 2.10. The maximum absolute atomic E-state index is 9.37. The Morgan fingerprint density at radius 3 is 3.20 bits per heavy atom. The van der Waals surface area contributed by atoms with Gasteiger partial charge in [-0.1, -0.05) is 11.8 Å². The van der Waals surface area contributed by atoms with Gasteiger partial charge in [0.1, 0.15) is 0 Å². The van der Waals surface area contributed by atoms with Crippen molar-refractivity contribution in [2.24, 2.45) is 0 Å². The molecule has 1 heterocycles. The number of aromatic amines is 1. The van der Waals surface area contributed by atoms with E-state index in [1.54, 1.807) is 18.0 Å². The van der Waals surface area contributed by atoms with Crippen LogP contribution in [-0.2, 0) is 0 Å². The van der Waals surface area contributed by atoms with E-state index in [0.717, 1.165) is 24.4 Å². The molecule has 0 bridgehead atoms. The largest absolute Gasteiger partial charge is 0.394 e. The van der Waals surface area contributed by atoms with Crippen LogP contribution in [0.5, 0.6) is 0 Å². The quantitative estimate of drug-likeness (QED) is 0.718. The van der Waals surface area contributed by atoms with Crippen molar-refractivity contribution in [1.29, 1.82) is 0 Å². The van der Waals surface area contributed by atoms with Gasteiger partial charge >= 0.3 is 0 Å². The van der Waals surface area contributed by atoms with Gasteiger partial charge in [-0.05, 0) is 26.3 Å². The van der Waals surface area contributed by atoms with E-state index in [4.69, 9.17) is 0 Å². The number of imidazole rings is 1. The van der Waals surface area contributed by atoms with Crippen LogP contribution in [0.3, 0.4) is 0 Å². The second kappa shape index (κ2) is 4.55. The summed E-state index contributed by atoms with van der Waals surface area (Å²) in [6.45, 7) is 0.221. The Morgan fingerprint density at radius 2 is 2.67 bits per heavy atom. The molecule has 1 saturated carbocycles. The molecule has 3 N–H and O–H groups in total. The Kier molecular flexibility index (Phi) is 3.33. The highest BCUT2D eigenvalue weighted by Gasteiger charge is 2.37. The zero-order valence-corrected chi connectivity index (χ0v) is 9.68. The number of likely N-dealkylation sites (N-methyl/N-ethyl adjacent to an activating group) is 1. The maximum Gasteiger partial charge on any atom is 0.165 e. The summed E-state index contributed by atoms with van der Waals surface area (Å²) >= 11 is 1.77. The molecule has 15 heavy (non-hydrogen) atoms. The molecule has 1 aromatic rings. The van der Waals surface area contributed by atoms with Crippen molar-refractivity contribution in [3.63, 3.8) is 0 Å². The molecule has 0 saturated heterocycles. The van der Waals surface area contributed by atoms with Crippen LogP contribution >= 0.6 is 11.8 Å². The first kappa shape index (κ1) is 11.0. The zero-order valence-electron chi connectivity index (χ0n) is 8.86. The van der Waals surface area contributed by atoms with Crippen molar-refractivity contribution in [2.45, 2.75) is 35.2 Å². The fourth-order valence-corrected chi connectivity index (χ4v) is 3.31. The predicted octanol–water partition coefficient (Wildman–Crippen LogP) is 1.00. The van der Waals surface area contributed by atoms with Crippen LogP contribution < -0.4 is 5.32 Å². The minimum absolute atomic E-state index is 0.0652. The third kappa shape index (κ3) is 2.35. The van der Waals surface area contributed by atoms with Gasteiger partial charge in [0.25, 0.3) is 0 Å². The molecule has 5 heteroatoms. The van der Waals surface area contributed by atoms with Crippen molar-refractivity contribution < 1.29 is 5.11 Å². The lowest BCUT2D eigenvalue weighted by atomic mass is 10.00. The van der Waals surface area contributed by atoms with E-state index in [2.05, 4.69) is 15.3 Å². The summed E-state index contributed by atoms with van der Waals surface area (Å²) in [6.07, 6.45) is 6.79. The molecule has 4 nitrogen and oxygen atoms in total. The van der Waals surface area contributed by atoms with Gasteiger partial charge in [-0.15, -0.1) is 0 Å². The molecule has 0 spiro atoms. The molecule has 1 aliphatic carbocycles. The molecule has 2 atom stereocenters. The molecule has 1 fully saturated rings. The monoisotopic (exact) mass is 227 g/mol. The summed E-state index contributed by atoms with van der Waals surface area (Å²) in [7, 11) is 1.93. The van der Waals surface area contributed by atoms with Crippen LogP contribution in [0.2, 0.25) is 0 Å². The highest BCUT2D eigenvalue weighted by atomic mass is 32.2. The van der Waals surface area contributed by atoms with Crippen molar-refractivity contribution in [1.82, 2.24) is 15.3 Å². The van der Waals surface area contributed by atoms with E-state index in [9.17, 15) is 5.11 Å². The molecule has 1 aromatic heterocycles. The normalized spacial score (nSPS) is 30.9. The third-order valence-electron chi connectivity index (χ3n) is 3.15. The van der Waals surface area contributed by atoms with Gasteiger partial charge in [0.05, 0.1) is 6.61 Å². The third-order valence-corrected chi connectivity index (χ3v) is 4.33. The number of hydrogen-bond donors (Lipinski definition) is 3. The second-order valence-electron chi connectivity index (χ2n) is 4.07. The van der Waals surface area contributed by atoms with E-state index in [-0.39, 0.29) is 12.1 Å². The minimum Gasteiger partial charge on any atom is -0.394 e. The Balaban J connectivity index is 1.92. The second-order valence-corrected chi connectivity index (χ2v) is 5.35. The minimum atomic E-state index is -0.0652. The number of rotatable bonds is 4. The number of aromatic nitrogens is 2. The number of hydrogen-bond acceptors (Lipinski definition) is 4. The van der Waals surface area contributed by atoms with Gasteiger partial charge in [0.2, 0.25) is 0 Å². The molecular weight excluding hydrogens is 210 g/mol. The average Bonchev–Trinajstić information content (AvgIpc) is 2.89. The number of aliphatic hydroxyl groups is 1. The molecule has 0 amide bonds. The Labute approximate surface area is 93.9 Å². The summed E-state index contributed by atoms with van der Waals surface area (Å²) in [5.74, 6) is 0. The first-order chi connectivity index (χ1) is 7.28. The summed E-state index contributed by atoms with van der Waals surface area (Å²) in [6, 6.07) is 0. The van der Waals surface area contributed by atoms with Crippen LogP contribution in [0.25, 0.3) is 0 Å². The Hall–Kier alpha value is -0.520. The lowest BCUT2D eigenvalue weighted by Crippen LogP contribution is -2.44. The molecule has 1 aliphatic rings. The number of H-pyrrole nitrogens is 1. The van der Waals surface area contributed by atoms with Crippen LogP contribution in [0.1, 0.15) is 19.3 Å². The number of nitrogens with zero attached hydrogens (tertiary/aromatic N) is 1. The van der Waals surface area contributed by atoms with E-state index in [1.165, 1.54) is 0 Å². The Morgan fingerprint density at radius 1 is 1.80 bits per heavy atom. The molecule has 84 valence electrons. The maximum atomic E-state index is 9.37. The first-order valence-electron chi connectivity index (χ1n) is 5.24. The van der Waals surface area contributed by atoms with Crippen LogP contribution in [-0.4, -0.2) is 39.5 Å². The zero-order chi connectivity index (χ0) is 10.7. The average molecular weight is 227 g/mol. The van der Waals surface area contributed by atoms with Crippen molar-refractivity contribution in [2.75, 3.05) is 13.7 Å².